The van der Waals surface area contributed by atoms with Crippen LogP contribution in [0.25, 0.3) is 0 Å². The third-order valence-corrected chi connectivity index (χ3v) is 4.68. The highest BCUT2D eigenvalue weighted by atomic mass is 32.2. The zero-order valence-corrected chi connectivity index (χ0v) is 11.0. The van der Waals surface area contributed by atoms with E-state index >= 15 is 0 Å². The lowest BCUT2D eigenvalue weighted by atomic mass is 10.2. The van der Waals surface area contributed by atoms with Crippen LogP contribution in [0, 0.1) is 12.7 Å². The predicted octanol–water partition coefficient (Wildman–Crippen LogP) is 4.02. The zero-order valence-electron chi connectivity index (χ0n) is 9.39. The van der Waals surface area contributed by atoms with E-state index in [2.05, 4.69) is 0 Å². The minimum absolute atomic E-state index is 0.229. The van der Waals surface area contributed by atoms with E-state index in [9.17, 15) is 9.50 Å². The van der Waals surface area contributed by atoms with Crippen molar-refractivity contribution in [3.8, 4) is 0 Å². The van der Waals surface area contributed by atoms with Crippen molar-refractivity contribution in [1.29, 1.82) is 0 Å². The number of aliphatic hydroxyl groups is 1. The van der Waals surface area contributed by atoms with Gasteiger partial charge in [0.1, 0.15) is 5.82 Å². The first-order valence-electron chi connectivity index (χ1n) is 5.28. The molecule has 1 aromatic carbocycles. The number of aliphatic hydroxyl groups excluding tert-OH is 1. The molecule has 0 saturated heterocycles. The maximum Gasteiger partial charge on any atom is 0.136 e. The summed E-state index contributed by atoms with van der Waals surface area (Å²) in [5.41, 5.74) is 1.09. The lowest BCUT2D eigenvalue weighted by Crippen LogP contribution is -1.99. The Bertz CT molecular complexity index is 496. The summed E-state index contributed by atoms with van der Waals surface area (Å²) in [6.07, 6.45) is -0.528. The lowest BCUT2D eigenvalue weighted by molar-refractivity contribution is 0.207. The summed E-state index contributed by atoms with van der Waals surface area (Å²) in [5, 5.41) is 12.0. The maximum absolute atomic E-state index is 13.4. The molecule has 17 heavy (non-hydrogen) atoms. The van der Waals surface area contributed by atoms with Gasteiger partial charge < -0.3 is 5.11 Å². The molecule has 0 bridgehead atoms. The van der Waals surface area contributed by atoms with Crippen molar-refractivity contribution in [2.45, 2.75) is 17.9 Å². The lowest BCUT2D eigenvalue weighted by Gasteiger charge is -2.10. The third-order valence-electron chi connectivity index (χ3n) is 2.44. The van der Waals surface area contributed by atoms with Gasteiger partial charge in [-0.2, -0.15) is 0 Å². The Morgan fingerprint density at radius 3 is 2.76 bits per heavy atom. The number of halogens is 1. The molecule has 0 amide bonds. The van der Waals surface area contributed by atoms with Gasteiger partial charge in [0, 0.05) is 15.5 Å². The monoisotopic (exact) mass is 268 g/mol. The van der Waals surface area contributed by atoms with Crippen LogP contribution in [-0.2, 0) is 0 Å². The molecule has 0 fully saturated rings. The molecule has 1 aromatic heterocycles. The molecular weight excluding hydrogens is 255 g/mol. The van der Waals surface area contributed by atoms with Gasteiger partial charge in [0.2, 0.25) is 0 Å². The van der Waals surface area contributed by atoms with Crippen molar-refractivity contribution in [2.24, 2.45) is 0 Å². The number of hydrogen-bond donors (Lipinski definition) is 1. The van der Waals surface area contributed by atoms with Gasteiger partial charge in [-0.1, -0.05) is 12.1 Å². The summed E-state index contributed by atoms with van der Waals surface area (Å²) < 4.78 is 13.4. The van der Waals surface area contributed by atoms with Gasteiger partial charge >= 0.3 is 0 Å². The number of thiophene rings is 1. The molecular formula is C13H13FOS2. The van der Waals surface area contributed by atoms with Crippen LogP contribution >= 0.6 is 23.1 Å². The average molecular weight is 268 g/mol. The van der Waals surface area contributed by atoms with Crippen molar-refractivity contribution in [1.82, 2.24) is 0 Å². The minimum atomic E-state index is -0.528. The van der Waals surface area contributed by atoms with Crippen LogP contribution in [0.3, 0.4) is 0 Å². The Kier molecular flexibility index (Phi) is 4.20. The van der Waals surface area contributed by atoms with Crippen molar-refractivity contribution < 1.29 is 9.50 Å². The van der Waals surface area contributed by atoms with Crippen LogP contribution in [0.4, 0.5) is 4.39 Å². The fraction of sp³-hybridized carbons (Fsp3) is 0.231. The van der Waals surface area contributed by atoms with E-state index in [1.54, 1.807) is 18.2 Å². The van der Waals surface area contributed by atoms with Crippen LogP contribution in [0.5, 0.6) is 0 Å². The van der Waals surface area contributed by atoms with Gasteiger partial charge in [-0.05, 0) is 36.1 Å². The van der Waals surface area contributed by atoms with E-state index in [1.807, 2.05) is 18.4 Å². The van der Waals surface area contributed by atoms with Gasteiger partial charge in [0.15, 0.2) is 0 Å². The molecule has 1 atom stereocenters. The van der Waals surface area contributed by atoms with Crippen LogP contribution in [0.15, 0.2) is 40.6 Å². The smallest absolute Gasteiger partial charge is 0.136 e. The molecule has 4 heteroatoms. The molecule has 1 unspecified atom stereocenters. The maximum atomic E-state index is 13.4. The molecule has 0 aliphatic rings. The topological polar surface area (TPSA) is 20.2 Å². The van der Waals surface area contributed by atoms with E-state index in [0.717, 1.165) is 10.4 Å². The van der Waals surface area contributed by atoms with E-state index in [-0.39, 0.29) is 5.82 Å². The molecule has 0 saturated carbocycles. The van der Waals surface area contributed by atoms with Crippen LogP contribution in [-0.4, -0.2) is 10.9 Å². The van der Waals surface area contributed by atoms with E-state index in [1.165, 1.54) is 29.2 Å². The van der Waals surface area contributed by atoms with Crippen molar-refractivity contribution in [2.75, 3.05) is 5.75 Å². The fourth-order valence-corrected chi connectivity index (χ4v) is 3.44. The fourth-order valence-electron chi connectivity index (χ4n) is 1.53. The van der Waals surface area contributed by atoms with E-state index in [0.29, 0.717) is 10.6 Å². The average Bonchev–Trinajstić information content (AvgIpc) is 2.74. The summed E-state index contributed by atoms with van der Waals surface area (Å²) in [6.45, 7) is 1.98. The zero-order chi connectivity index (χ0) is 12.3. The second-order valence-electron chi connectivity index (χ2n) is 3.73. The Balaban J connectivity index is 2.00. The molecule has 2 rings (SSSR count). The minimum Gasteiger partial charge on any atom is -0.387 e. The number of benzene rings is 1. The normalized spacial score (nSPS) is 12.6. The number of rotatable bonds is 4. The summed E-state index contributed by atoms with van der Waals surface area (Å²) >= 11 is 2.88. The van der Waals surface area contributed by atoms with Gasteiger partial charge in [-0.25, -0.2) is 4.39 Å². The molecule has 1 heterocycles. The van der Waals surface area contributed by atoms with E-state index in [4.69, 9.17) is 0 Å². The van der Waals surface area contributed by atoms with E-state index < -0.39 is 6.10 Å². The quantitative estimate of drug-likeness (QED) is 0.845. The van der Waals surface area contributed by atoms with Crippen LogP contribution in [0.2, 0.25) is 0 Å². The van der Waals surface area contributed by atoms with Crippen LogP contribution < -0.4 is 0 Å². The summed E-state index contributed by atoms with van der Waals surface area (Å²) in [4.78, 5) is 1.55. The van der Waals surface area contributed by atoms with Crippen LogP contribution in [0.1, 0.15) is 16.5 Å². The first kappa shape index (κ1) is 12.6. The first-order valence-corrected chi connectivity index (χ1v) is 7.14. The number of aryl methyl sites for hydroxylation is 1. The predicted molar refractivity (Wildman–Crippen MR) is 71.1 cm³/mol. The third kappa shape index (κ3) is 3.09. The van der Waals surface area contributed by atoms with Gasteiger partial charge in [-0.3, -0.25) is 0 Å². The molecule has 90 valence electrons. The van der Waals surface area contributed by atoms with Crippen molar-refractivity contribution >= 4 is 23.1 Å². The van der Waals surface area contributed by atoms with Crippen molar-refractivity contribution in [3.63, 3.8) is 0 Å². The summed E-state index contributed by atoms with van der Waals surface area (Å²) in [5.74, 6) is 0.245. The molecule has 1 N–H and O–H groups in total. The molecule has 0 aliphatic heterocycles. The Morgan fingerprint density at radius 1 is 1.35 bits per heavy atom. The Labute approximate surface area is 108 Å². The molecule has 0 spiro atoms. The summed E-state index contributed by atoms with van der Waals surface area (Å²) in [6, 6.07) is 8.61. The molecule has 1 nitrogen and oxygen atoms in total. The Hall–Kier alpha value is -0.840. The highest BCUT2D eigenvalue weighted by Gasteiger charge is 2.13. The first-order chi connectivity index (χ1) is 8.18. The molecule has 0 radical (unpaired) electrons. The Morgan fingerprint density at radius 2 is 2.12 bits per heavy atom. The second kappa shape index (κ2) is 5.67. The molecule has 0 aliphatic carbocycles. The number of hydrogen-bond acceptors (Lipinski definition) is 3. The number of thioether (sulfide) groups is 1. The molecule has 2 aromatic rings. The van der Waals surface area contributed by atoms with Gasteiger partial charge in [-0.15, -0.1) is 23.1 Å². The standard InChI is InChI=1S/C13H13FOS2/c1-9-6-7-16-13(9)11(15)8-17-12-5-3-2-4-10(12)14/h2-7,11,15H,8H2,1H3. The van der Waals surface area contributed by atoms with Crippen molar-refractivity contribution in [3.05, 3.63) is 52.0 Å². The second-order valence-corrected chi connectivity index (χ2v) is 5.73. The largest absolute Gasteiger partial charge is 0.387 e. The SMILES string of the molecule is Cc1ccsc1C(O)CSc1ccccc1F. The highest BCUT2D eigenvalue weighted by molar-refractivity contribution is 7.99. The van der Waals surface area contributed by atoms with Gasteiger partial charge in [0.25, 0.3) is 0 Å². The summed E-state index contributed by atoms with van der Waals surface area (Å²) in [7, 11) is 0. The highest BCUT2D eigenvalue weighted by Crippen LogP contribution is 2.30. The van der Waals surface area contributed by atoms with Gasteiger partial charge in [0.05, 0.1) is 6.10 Å².